The number of thiol groups is 1. The normalized spacial score (nSPS) is 19.6. The molecule has 14 heteroatoms. The molecule has 12 nitrogen and oxygen atoms in total. The lowest BCUT2D eigenvalue weighted by molar-refractivity contribution is -0.154. The average molecular weight is 615 g/mol. The highest BCUT2D eigenvalue weighted by atomic mass is 32.2. The van der Waals surface area contributed by atoms with E-state index in [-0.39, 0.29) is 19.4 Å². The smallest absolute Gasteiger partial charge is 0.329 e. The number of likely N-dealkylation sites (tertiary alicyclic amines) is 1. The lowest BCUT2D eigenvalue weighted by Gasteiger charge is -2.28. The number of fused-ring (bicyclic) bond motifs is 1. The molecule has 0 unspecified atom stereocenters. The van der Waals surface area contributed by atoms with Crippen LogP contribution >= 0.6 is 11.3 Å². The van der Waals surface area contributed by atoms with E-state index in [0.29, 0.717) is 34.7 Å². The van der Waals surface area contributed by atoms with Crippen LogP contribution in [0.1, 0.15) is 37.7 Å². The van der Waals surface area contributed by atoms with Gasteiger partial charge in [-0.1, -0.05) is 11.3 Å². The number of thiazole rings is 1. The number of benzene rings is 1. The Morgan fingerprint density at radius 2 is 1.98 bits per heavy atom. The van der Waals surface area contributed by atoms with Gasteiger partial charge in [0.2, 0.25) is 16.8 Å². The summed E-state index contributed by atoms with van der Waals surface area (Å²) < 4.78 is 37.5. The van der Waals surface area contributed by atoms with Crippen LogP contribution in [0, 0.1) is 5.92 Å². The first-order valence-corrected chi connectivity index (χ1v) is 16.1. The Morgan fingerprint density at radius 1 is 1.19 bits per heavy atom. The van der Waals surface area contributed by atoms with E-state index in [2.05, 4.69) is 14.9 Å². The Bertz CT molecular complexity index is 1560. The predicted molar refractivity (Wildman–Crippen MR) is 160 cm³/mol. The number of pyridine rings is 1. The van der Waals surface area contributed by atoms with Gasteiger partial charge >= 0.3 is 5.97 Å². The molecule has 1 amide bonds. The van der Waals surface area contributed by atoms with Gasteiger partial charge in [-0.05, 0) is 67.2 Å². The van der Waals surface area contributed by atoms with Gasteiger partial charge < -0.3 is 25.0 Å². The number of methoxy groups -OCH3 is 1. The van der Waals surface area contributed by atoms with Crippen molar-refractivity contribution in [2.24, 2.45) is 5.92 Å². The first-order valence-electron chi connectivity index (χ1n) is 14.2. The van der Waals surface area contributed by atoms with Crippen LogP contribution in [0.15, 0.2) is 30.6 Å². The van der Waals surface area contributed by atoms with E-state index >= 15 is 0 Å². The number of hydrogen-bond donors (Lipinski definition) is 2. The summed E-state index contributed by atoms with van der Waals surface area (Å²) >= 11 is 1.26. The summed E-state index contributed by atoms with van der Waals surface area (Å²) in [7, 11) is -1.60. The maximum atomic E-state index is 13.9. The van der Waals surface area contributed by atoms with Gasteiger partial charge in [0.05, 0.1) is 19.9 Å². The number of hydrogen-bond acceptors (Lipinski definition) is 11. The lowest BCUT2D eigenvalue weighted by Crippen LogP contribution is -2.48. The second kappa shape index (κ2) is 11.9. The molecule has 0 spiro atoms. The Labute approximate surface area is 249 Å². The van der Waals surface area contributed by atoms with E-state index in [0.717, 1.165) is 59.0 Å². The molecule has 3 fully saturated rings. The number of carbonyl (C=O) groups excluding carboxylic acids is 2. The molecule has 2 aliphatic heterocycles. The minimum Gasteiger partial charge on any atom is -0.496 e. The number of rotatable bonds is 11. The van der Waals surface area contributed by atoms with Crippen molar-refractivity contribution in [3.05, 3.63) is 36.2 Å². The van der Waals surface area contributed by atoms with Crippen molar-refractivity contribution < 1.29 is 27.5 Å². The Hall–Kier alpha value is -3.65. The molecule has 2 saturated heterocycles. The monoisotopic (exact) mass is 614 g/mol. The van der Waals surface area contributed by atoms with Crippen LogP contribution in [0.4, 0.5) is 16.0 Å². The fourth-order valence-electron chi connectivity index (χ4n) is 5.72. The van der Waals surface area contributed by atoms with Crippen LogP contribution in [0.2, 0.25) is 0 Å². The molecule has 0 bridgehead atoms. The molecular weight excluding hydrogens is 580 g/mol. The summed E-state index contributed by atoms with van der Waals surface area (Å²) in [5, 5.41) is 2.68. The Morgan fingerprint density at radius 3 is 2.69 bits per heavy atom. The molecule has 3 aromatic rings. The van der Waals surface area contributed by atoms with Crippen molar-refractivity contribution in [3.63, 3.8) is 0 Å². The van der Waals surface area contributed by atoms with Gasteiger partial charge in [0, 0.05) is 37.6 Å². The highest BCUT2D eigenvalue weighted by molar-refractivity contribution is 7.74. The molecule has 0 radical (unpaired) electrons. The van der Waals surface area contributed by atoms with Crippen LogP contribution in [0.5, 0.6) is 5.75 Å². The van der Waals surface area contributed by atoms with Crippen molar-refractivity contribution >= 4 is 60.8 Å². The zero-order valence-corrected chi connectivity index (χ0v) is 25.0. The second-order valence-corrected chi connectivity index (χ2v) is 12.9. The Balaban J connectivity index is 1.28. The predicted octanol–water partition coefficient (Wildman–Crippen LogP) is 2.38. The van der Waals surface area contributed by atoms with E-state index in [1.165, 1.54) is 29.5 Å². The van der Waals surface area contributed by atoms with E-state index in [4.69, 9.17) is 15.2 Å². The van der Waals surface area contributed by atoms with Gasteiger partial charge in [0.25, 0.3) is 0 Å². The van der Waals surface area contributed by atoms with Crippen LogP contribution in [0.25, 0.3) is 10.8 Å². The molecule has 224 valence electrons. The number of anilines is 3. The number of ether oxygens (including phenoxy) is 2. The molecule has 2 aromatic heterocycles. The standard InChI is InChI=1S/C28H34N6O6S2/c1-39-23-14-20-18(6-8-30-25(20)29)12-19(23)13-22(27(36)40-16-17-4-5-17)33-11-7-21(26(33)35)34(42(37)38)24-15-31-28(41-24)32-9-2-3-10-32/h6,8,12,14-15,17,21-22,42H,2-5,7,9-11,13,16H2,1H3,(H2,29,30)/t21-,22+/m0/s1. The fraction of sp³-hybridized carbons (Fsp3) is 0.500. The van der Waals surface area contributed by atoms with Gasteiger partial charge in [-0.2, -0.15) is 0 Å². The van der Waals surface area contributed by atoms with Crippen molar-refractivity contribution in [2.45, 2.75) is 50.6 Å². The molecule has 1 saturated carbocycles. The molecule has 2 N–H and O–H groups in total. The SMILES string of the molecule is COc1cc2c(N)nccc2cc1C[C@H](C(=O)OCC1CC1)N1CC[C@H](N(c2cnc(N3CCCC3)s2)[SH](=O)=O)C1=O. The van der Waals surface area contributed by atoms with Crippen LogP contribution in [-0.4, -0.2) is 80.6 Å². The maximum absolute atomic E-state index is 13.9. The van der Waals surface area contributed by atoms with Crippen LogP contribution in [0.3, 0.4) is 0 Å². The summed E-state index contributed by atoms with van der Waals surface area (Å²) in [6, 6.07) is 3.55. The molecule has 1 aliphatic carbocycles. The number of aromatic nitrogens is 2. The van der Waals surface area contributed by atoms with Crippen molar-refractivity contribution in [2.75, 3.05) is 48.3 Å². The molecule has 3 aliphatic rings. The molecule has 4 heterocycles. The number of carbonyl (C=O) groups is 2. The number of nitrogens with two attached hydrogens (primary N) is 1. The number of nitrogen functional groups attached to an aromatic ring is 1. The van der Waals surface area contributed by atoms with Gasteiger partial charge in [-0.25, -0.2) is 27.5 Å². The Kier molecular flexibility index (Phi) is 8.08. The van der Waals surface area contributed by atoms with Crippen molar-refractivity contribution in [1.82, 2.24) is 14.9 Å². The first-order chi connectivity index (χ1) is 20.3. The van der Waals surface area contributed by atoms with E-state index < -0.39 is 34.9 Å². The minimum absolute atomic E-state index is 0.131. The van der Waals surface area contributed by atoms with E-state index in [1.807, 2.05) is 12.1 Å². The average Bonchev–Trinajstić information content (AvgIpc) is 3.30. The molecule has 6 rings (SSSR count). The molecule has 1 aromatic carbocycles. The van der Waals surface area contributed by atoms with Gasteiger partial charge in [-0.3, -0.25) is 4.79 Å². The highest BCUT2D eigenvalue weighted by Gasteiger charge is 2.44. The molecule has 2 atom stereocenters. The fourth-order valence-corrected chi connectivity index (χ4v) is 7.63. The van der Waals surface area contributed by atoms with Gasteiger partial charge in [0.1, 0.15) is 28.7 Å². The lowest BCUT2D eigenvalue weighted by atomic mass is 10.00. The van der Waals surface area contributed by atoms with Crippen LogP contribution in [-0.2, 0) is 31.6 Å². The molecular formula is C28H34N6O6S2. The first kappa shape index (κ1) is 28.5. The zero-order chi connectivity index (χ0) is 29.4. The second-order valence-electron chi connectivity index (χ2n) is 11.0. The summed E-state index contributed by atoms with van der Waals surface area (Å²) in [6.07, 6.45) is 7.64. The summed E-state index contributed by atoms with van der Waals surface area (Å²) in [5.74, 6) is 0.261. The summed E-state index contributed by atoms with van der Waals surface area (Å²) in [4.78, 5) is 39.6. The number of amides is 1. The third-order valence-corrected chi connectivity index (χ3v) is 10.2. The van der Waals surface area contributed by atoms with E-state index in [9.17, 15) is 18.0 Å². The maximum Gasteiger partial charge on any atom is 0.329 e. The quantitative estimate of drug-likeness (QED) is 0.244. The van der Waals surface area contributed by atoms with Crippen molar-refractivity contribution in [3.8, 4) is 5.75 Å². The van der Waals surface area contributed by atoms with E-state index in [1.54, 1.807) is 12.3 Å². The largest absolute Gasteiger partial charge is 0.496 e. The van der Waals surface area contributed by atoms with Gasteiger partial charge in [0.15, 0.2) is 5.13 Å². The summed E-state index contributed by atoms with van der Waals surface area (Å²) in [5.41, 5.74) is 6.77. The third kappa shape index (κ3) is 5.69. The topological polar surface area (TPSA) is 148 Å². The molecule has 42 heavy (non-hydrogen) atoms. The van der Waals surface area contributed by atoms with Crippen LogP contribution < -0.4 is 19.7 Å². The highest BCUT2D eigenvalue weighted by Crippen LogP contribution is 2.36. The summed E-state index contributed by atoms with van der Waals surface area (Å²) in [6.45, 7) is 2.25. The third-order valence-electron chi connectivity index (χ3n) is 8.18. The van der Waals surface area contributed by atoms with Crippen molar-refractivity contribution in [1.29, 1.82) is 0 Å². The van der Waals surface area contributed by atoms with Gasteiger partial charge in [-0.15, -0.1) is 0 Å². The minimum atomic E-state index is -3.13. The number of nitrogens with zero attached hydrogens (tertiary/aromatic N) is 5. The number of esters is 1. The zero-order valence-electron chi connectivity index (χ0n) is 23.3.